The molecule has 1 aliphatic rings. The fraction of sp³-hybridized carbons (Fsp3) is 1.00. The molecule has 3 atom stereocenters. The van der Waals surface area contributed by atoms with Gasteiger partial charge in [0.2, 0.25) is 0 Å². The van der Waals surface area contributed by atoms with Gasteiger partial charge in [-0.1, -0.05) is 27.2 Å². The molecule has 1 fully saturated rings. The molecule has 96 valence electrons. The van der Waals surface area contributed by atoms with E-state index < -0.39 is 0 Å². The first-order chi connectivity index (χ1) is 7.39. The van der Waals surface area contributed by atoms with Gasteiger partial charge in [-0.3, -0.25) is 0 Å². The third kappa shape index (κ3) is 4.84. The zero-order valence-corrected chi connectivity index (χ0v) is 11.4. The summed E-state index contributed by atoms with van der Waals surface area (Å²) in [6.45, 7) is 9.68. The van der Waals surface area contributed by atoms with E-state index in [4.69, 9.17) is 0 Å². The highest BCUT2D eigenvalue weighted by Gasteiger charge is 2.27. The summed E-state index contributed by atoms with van der Waals surface area (Å²) in [5.74, 6) is 0.867. The highest BCUT2D eigenvalue weighted by Crippen LogP contribution is 2.36. The van der Waals surface area contributed by atoms with E-state index in [1.807, 2.05) is 6.92 Å². The molecule has 0 aromatic rings. The topological polar surface area (TPSA) is 32.3 Å². The fourth-order valence-corrected chi connectivity index (χ4v) is 2.71. The van der Waals surface area contributed by atoms with Crippen LogP contribution in [0, 0.1) is 11.3 Å². The Balaban J connectivity index is 2.35. The SMILES string of the molecule is CC(O)CNC1CCCC(C(C)(C)C)CC1. The van der Waals surface area contributed by atoms with Crippen molar-refractivity contribution < 1.29 is 5.11 Å². The minimum absolute atomic E-state index is 0.221. The van der Waals surface area contributed by atoms with Crippen LogP contribution in [0.5, 0.6) is 0 Å². The highest BCUT2D eigenvalue weighted by molar-refractivity contribution is 4.81. The monoisotopic (exact) mass is 227 g/mol. The summed E-state index contributed by atoms with van der Waals surface area (Å²) in [6, 6.07) is 0.627. The molecule has 0 heterocycles. The van der Waals surface area contributed by atoms with E-state index in [-0.39, 0.29) is 6.10 Å². The van der Waals surface area contributed by atoms with Crippen LogP contribution in [0.1, 0.15) is 59.8 Å². The molecule has 0 bridgehead atoms. The van der Waals surface area contributed by atoms with Gasteiger partial charge in [0.1, 0.15) is 0 Å². The fourth-order valence-electron chi connectivity index (χ4n) is 2.71. The molecule has 2 N–H and O–H groups in total. The van der Waals surface area contributed by atoms with Crippen molar-refractivity contribution in [2.24, 2.45) is 11.3 Å². The van der Waals surface area contributed by atoms with Crippen LogP contribution in [0.3, 0.4) is 0 Å². The van der Waals surface area contributed by atoms with E-state index in [1.54, 1.807) is 0 Å². The molecule has 1 rings (SSSR count). The van der Waals surface area contributed by atoms with Gasteiger partial charge in [0.25, 0.3) is 0 Å². The van der Waals surface area contributed by atoms with Crippen molar-refractivity contribution in [3.05, 3.63) is 0 Å². The Bertz CT molecular complexity index is 195. The van der Waals surface area contributed by atoms with Crippen molar-refractivity contribution in [2.45, 2.75) is 71.9 Å². The largest absolute Gasteiger partial charge is 0.392 e. The molecule has 0 saturated heterocycles. The number of hydrogen-bond donors (Lipinski definition) is 2. The third-order valence-electron chi connectivity index (χ3n) is 3.90. The summed E-state index contributed by atoms with van der Waals surface area (Å²) in [6.07, 6.45) is 6.37. The molecular formula is C14H29NO. The second kappa shape index (κ2) is 6.02. The highest BCUT2D eigenvalue weighted by atomic mass is 16.3. The lowest BCUT2D eigenvalue weighted by molar-refractivity contribution is 0.182. The zero-order chi connectivity index (χ0) is 12.2. The average Bonchev–Trinajstić information content (AvgIpc) is 2.38. The summed E-state index contributed by atoms with van der Waals surface area (Å²) < 4.78 is 0. The molecule has 0 amide bonds. The first kappa shape index (κ1) is 14.0. The van der Waals surface area contributed by atoms with Crippen LogP contribution in [-0.4, -0.2) is 23.8 Å². The maximum Gasteiger partial charge on any atom is 0.0636 e. The van der Waals surface area contributed by atoms with Gasteiger partial charge in [0.15, 0.2) is 0 Å². The standard InChI is InChI=1S/C14H29NO/c1-11(16)10-15-13-7-5-6-12(8-9-13)14(2,3)4/h11-13,15-16H,5-10H2,1-4H3. The van der Waals surface area contributed by atoms with Crippen molar-refractivity contribution in [3.8, 4) is 0 Å². The predicted octanol–water partition coefficient (Wildman–Crippen LogP) is 2.95. The van der Waals surface area contributed by atoms with Gasteiger partial charge >= 0.3 is 0 Å². The van der Waals surface area contributed by atoms with Crippen molar-refractivity contribution in [3.63, 3.8) is 0 Å². The van der Waals surface area contributed by atoms with Crippen LogP contribution in [0.4, 0.5) is 0 Å². The van der Waals surface area contributed by atoms with Gasteiger partial charge in [-0.05, 0) is 43.9 Å². The molecule has 3 unspecified atom stereocenters. The van der Waals surface area contributed by atoms with Gasteiger partial charge in [-0.2, -0.15) is 0 Å². The lowest BCUT2D eigenvalue weighted by atomic mass is 9.76. The number of aliphatic hydroxyl groups excluding tert-OH is 1. The van der Waals surface area contributed by atoms with Crippen LogP contribution in [0.15, 0.2) is 0 Å². The van der Waals surface area contributed by atoms with E-state index >= 15 is 0 Å². The smallest absolute Gasteiger partial charge is 0.0636 e. The Kier molecular flexibility index (Phi) is 5.26. The Hall–Kier alpha value is -0.0800. The van der Waals surface area contributed by atoms with Crippen LogP contribution >= 0.6 is 0 Å². The molecule has 1 aliphatic carbocycles. The molecular weight excluding hydrogens is 198 g/mol. The van der Waals surface area contributed by atoms with E-state index in [9.17, 15) is 5.11 Å². The predicted molar refractivity (Wildman–Crippen MR) is 69.5 cm³/mol. The molecule has 0 radical (unpaired) electrons. The van der Waals surface area contributed by atoms with Crippen LogP contribution in [-0.2, 0) is 0 Å². The number of hydrogen-bond acceptors (Lipinski definition) is 2. The number of nitrogens with one attached hydrogen (secondary N) is 1. The lowest BCUT2D eigenvalue weighted by Gasteiger charge is -2.29. The van der Waals surface area contributed by atoms with E-state index in [0.717, 1.165) is 12.5 Å². The van der Waals surface area contributed by atoms with Crippen LogP contribution in [0.2, 0.25) is 0 Å². The van der Waals surface area contributed by atoms with Crippen molar-refractivity contribution in [1.82, 2.24) is 5.32 Å². The Labute approximate surface area is 101 Å². The van der Waals surface area contributed by atoms with Gasteiger partial charge < -0.3 is 10.4 Å². The second-order valence-corrected chi connectivity index (χ2v) is 6.53. The molecule has 0 aromatic heterocycles. The molecule has 16 heavy (non-hydrogen) atoms. The molecule has 0 aliphatic heterocycles. The summed E-state index contributed by atoms with van der Waals surface area (Å²) >= 11 is 0. The van der Waals surface area contributed by atoms with Gasteiger partial charge in [0, 0.05) is 12.6 Å². The van der Waals surface area contributed by atoms with Crippen molar-refractivity contribution >= 4 is 0 Å². The summed E-state index contributed by atoms with van der Waals surface area (Å²) in [5, 5.41) is 12.8. The Morgan fingerprint density at radius 2 is 1.88 bits per heavy atom. The van der Waals surface area contributed by atoms with Gasteiger partial charge in [0.05, 0.1) is 6.10 Å². The minimum Gasteiger partial charge on any atom is -0.392 e. The zero-order valence-electron chi connectivity index (χ0n) is 11.4. The first-order valence-electron chi connectivity index (χ1n) is 6.81. The normalized spacial score (nSPS) is 29.8. The summed E-state index contributed by atoms with van der Waals surface area (Å²) in [7, 11) is 0. The first-order valence-corrected chi connectivity index (χ1v) is 6.81. The van der Waals surface area contributed by atoms with Crippen LogP contribution in [0.25, 0.3) is 0 Å². The summed E-state index contributed by atoms with van der Waals surface area (Å²) in [4.78, 5) is 0. The molecule has 0 aromatic carbocycles. The summed E-state index contributed by atoms with van der Waals surface area (Å²) in [5.41, 5.74) is 0.458. The van der Waals surface area contributed by atoms with E-state index in [1.165, 1.54) is 32.1 Å². The maximum atomic E-state index is 9.27. The Morgan fingerprint density at radius 1 is 1.19 bits per heavy atom. The molecule has 2 nitrogen and oxygen atoms in total. The van der Waals surface area contributed by atoms with E-state index in [0.29, 0.717) is 11.5 Å². The van der Waals surface area contributed by atoms with Gasteiger partial charge in [-0.25, -0.2) is 0 Å². The minimum atomic E-state index is -0.221. The molecule has 2 heteroatoms. The van der Waals surface area contributed by atoms with Crippen molar-refractivity contribution in [2.75, 3.05) is 6.54 Å². The number of rotatable bonds is 3. The van der Waals surface area contributed by atoms with Crippen molar-refractivity contribution in [1.29, 1.82) is 0 Å². The maximum absolute atomic E-state index is 9.27. The second-order valence-electron chi connectivity index (χ2n) is 6.53. The Morgan fingerprint density at radius 3 is 2.44 bits per heavy atom. The van der Waals surface area contributed by atoms with Gasteiger partial charge in [-0.15, -0.1) is 0 Å². The number of aliphatic hydroxyl groups is 1. The molecule has 0 spiro atoms. The third-order valence-corrected chi connectivity index (χ3v) is 3.90. The lowest BCUT2D eigenvalue weighted by Crippen LogP contribution is -2.34. The quantitative estimate of drug-likeness (QED) is 0.727. The van der Waals surface area contributed by atoms with Crippen LogP contribution < -0.4 is 5.32 Å². The van der Waals surface area contributed by atoms with E-state index in [2.05, 4.69) is 26.1 Å². The molecule has 1 saturated carbocycles. The average molecular weight is 227 g/mol.